The second-order valence-corrected chi connectivity index (χ2v) is 12.4. The molecule has 0 aromatic heterocycles. The van der Waals surface area contributed by atoms with E-state index in [-0.39, 0.29) is 23.9 Å². The Bertz CT molecular complexity index is 769. The SMILES string of the molecule is [2H]C([2H])([2H])C([C@H](C)C[C@H](O)[C@@H](C)[C@H]1CC[C@H]2[C@@H]3CC[C@H]4CC(O)CC[C@]4(C)[C@H]3CC[C@]12C)C([2H])([2H])[2H]. The lowest BCUT2D eigenvalue weighted by Crippen LogP contribution is -2.54. The van der Waals surface area contributed by atoms with Crippen LogP contribution in [0.25, 0.3) is 0 Å². The summed E-state index contributed by atoms with van der Waals surface area (Å²) in [5.41, 5.74) is 0.525. The maximum atomic E-state index is 11.3. The molecule has 0 amide bonds. The van der Waals surface area contributed by atoms with E-state index in [1.54, 1.807) is 6.92 Å². The summed E-state index contributed by atoms with van der Waals surface area (Å²) in [6.45, 7) is 3.62. The second-order valence-electron chi connectivity index (χ2n) is 12.4. The fourth-order valence-corrected chi connectivity index (χ4v) is 9.14. The summed E-state index contributed by atoms with van der Waals surface area (Å²) in [4.78, 5) is 0. The Morgan fingerprint density at radius 2 is 1.63 bits per heavy atom. The van der Waals surface area contributed by atoms with Gasteiger partial charge in [-0.2, -0.15) is 0 Å². The predicted molar refractivity (Wildman–Crippen MR) is 125 cm³/mol. The third kappa shape index (κ3) is 3.70. The van der Waals surface area contributed by atoms with Crippen LogP contribution in [0, 0.1) is 58.2 Å². The van der Waals surface area contributed by atoms with Crippen molar-refractivity contribution < 1.29 is 18.4 Å². The lowest BCUT2D eigenvalue weighted by molar-refractivity contribution is -0.132. The van der Waals surface area contributed by atoms with Gasteiger partial charge in [0.05, 0.1) is 12.2 Å². The molecule has 30 heavy (non-hydrogen) atoms. The first-order chi connectivity index (χ1) is 16.5. The molecule has 0 bridgehead atoms. The van der Waals surface area contributed by atoms with Gasteiger partial charge in [0.1, 0.15) is 0 Å². The predicted octanol–water partition coefficient (Wildman–Crippen LogP) is 6.69. The Balaban J connectivity index is 1.46. The van der Waals surface area contributed by atoms with E-state index in [9.17, 15) is 10.2 Å². The van der Waals surface area contributed by atoms with Gasteiger partial charge in [-0.15, -0.1) is 0 Å². The summed E-state index contributed by atoms with van der Waals surface area (Å²) < 4.78 is 46.8. The van der Waals surface area contributed by atoms with Crippen molar-refractivity contribution in [2.24, 2.45) is 58.2 Å². The monoisotopic (exact) mass is 424 g/mol. The molecule has 2 nitrogen and oxygen atoms in total. The van der Waals surface area contributed by atoms with Gasteiger partial charge in [0.2, 0.25) is 0 Å². The maximum absolute atomic E-state index is 11.3. The van der Waals surface area contributed by atoms with Gasteiger partial charge < -0.3 is 10.2 Å². The minimum Gasteiger partial charge on any atom is -0.393 e. The zero-order valence-electron chi connectivity index (χ0n) is 25.7. The quantitative estimate of drug-likeness (QED) is 0.516. The molecule has 0 aromatic rings. The lowest BCUT2D eigenvalue weighted by atomic mass is 9.44. The second kappa shape index (κ2) is 8.36. The molecule has 4 aliphatic rings. The minimum atomic E-state index is -2.57. The van der Waals surface area contributed by atoms with Crippen molar-refractivity contribution in [3.63, 3.8) is 0 Å². The smallest absolute Gasteiger partial charge is 0.0571 e. The van der Waals surface area contributed by atoms with Crippen LogP contribution in [0.4, 0.5) is 0 Å². The number of hydrogen-bond acceptors (Lipinski definition) is 2. The molecule has 0 aromatic carbocycles. The molecule has 2 heteroatoms. The standard InChI is InChI=1S/C28H50O2/c1-17(2)18(3)15-26(30)19(4)23-9-10-24-22-8-7-20-16-21(29)11-13-27(20,5)25(22)12-14-28(23,24)6/h17-26,29-30H,7-16H2,1-6H3/t18-,19+,20+,21?,22+,23-,24+,25+,26+,27+,28-/m1/s1/i1D3,2D3. The summed E-state index contributed by atoms with van der Waals surface area (Å²) in [6, 6.07) is 0. The van der Waals surface area contributed by atoms with Crippen LogP contribution in [0.3, 0.4) is 0 Å². The summed E-state index contributed by atoms with van der Waals surface area (Å²) in [6.07, 6.45) is 9.65. The first kappa shape index (κ1) is 16.5. The average molecular weight is 425 g/mol. The van der Waals surface area contributed by atoms with Crippen LogP contribution >= 0.6 is 0 Å². The summed E-state index contributed by atoms with van der Waals surface area (Å²) in [5, 5.41) is 21.6. The van der Waals surface area contributed by atoms with Gasteiger partial charge in [0.15, 0.2) is 0 Å². The largest absolute Gasteiger partial charge is 0.393 e. The van der Waals surface area contributed by atoms with E-state index in [4.69, 9.17) is 8.22 Å². The van der Waals surface area contributed by atoms with Gasteiger partial charge in [0.25, 0.3) is 0 Å². The van der Waals surface area contributed by atoms with Gasteiger partial charge in [-0.05, 0) is 122 Å². The zero-order chi connectivity index (χ0) is 26.8. The van der Waals surface area contributed by atoms with Gasteiger partial charge in [-0.3, -0.25) is 0 Å². The molecule has 0 saturated heterocycles. The van der Waals surface area contributed by atoms with E-state index in [1.807, 2.05) is 0 Å². The zero-order valence-corrected chi connectivity index (χ0v) is 19.7. The fraction of sp³-hybridized carbons (Fsp3) is 1.00. The molecule has 4 fully saturated rings. The van der Waals surface area contributed by atoms with Crippen LogP contribution < -0.4 is 0 Å². The molecule has 1 unspecified atom stereocenters. The van der Waals surface area contributed by atoms with E-state index >= 15 is 0 Å². The summed E-state index contributed by atoms with van der Waals surface area (Å²) in [5.74, 6) is 1.14. The number of hydrogen-bond donors (Lipinski definition) is 2. The normalized spacial score (nSPS) is 52.9. The third-order valence-corrected chi connectivity index (χ3v) is 11.1. The summed E-state index contributed by atoms with van der Waals surface area (Å²) in [7, 11) is 0. The first-order valence-electron chi connectivity index (χ1n) is 15.9. The Kier molecular flexibility index (Phi) is 4.61. The van der Waals surface area contributed by atoms with E-state index in [1.165, 1.54) is 32.1 Å². The van der Waals surface area contributed by atoms with Crippen LogP contribution in [0.5, 0.6) is 0 Å². The van der Waals surface area contributed by atoms with E-state index in [2.05, 4.69) is 20.8 Å². The highest BCUT2D eigenvalue weighted by Crippen LogP contribution is 2.68. The lowest BCUT2D eigenvalue weighted by Gasteiger charge is -2.61. The molecule has 174 valence electrons. The van der Waals surface area contributed by atoms with Crippen molar-refractivity contribution in [1.29, 1.82) is 0 Å². The van der Waals surface area contributed by atoms with Crippen molar-refractivity contribution in [3.8, 4) is 0 Å². The van der Waals surface area contributed by atoms with Crippen molar-refractivity contribution in [1.82, 2.24) is 0 Å². The van der Waals surface area contributed by atoms with Gasteiger partial charge in [0, 0.05) is 8.22 Å². The van der Waals surface area contributed by atoms with Crippen molar-refractivity contribution in [2.45, 2.75) is 118 Å². The van der Waals surface area contributed by atoms with Gasteiger partial charge >= 0.3 is 0 Å². The Labute approximate surface area is 195 Å². The molecule has 11 atom stereocenters. The van der Waals surface area contributed by atoms with Gasteiger partial charge in [-0.1, -0.05) is 41.4 Å². The molecule has 0 heterocycles. The Hall–Kier alpha value is -0.0800. The van der Waals surface area contributed by atoms with Crippen molar-refractivity contribution >= 4 is 0 Å². The summed E-state index contributed by atoms with van der Waals surface area (Å²) >= 11 is 0. The molecular formula is C28H50O2. The van der Waals surface area contributed by atoms with Crippen LogP contribution in [-0.2, 0) is 0 Å². The third-order valence-electron chi connectivity index (χ3n) is 11.1. The first-order valence-corrected chi connectivity index (χ1v) is 12.9. The topological polar surface area (TPSA) is 40.5 Å². The van der Waals surface area contributed by atoms with E-state index in [0.717, 1.165) is 37.5 Å². The minimum absolute atomic E-state index is 0.0182. The number of aliphatic hydroxyl groups excluding tert-OH is 2. The molecule has 0 aliphatic heterocycles. The average Bonchev–Trinajstić information content (AvgIpc) is 3.08. The molecule has 0 radical (unpaired) electrons. The van der Waals surface area contributed by atoms with Crippen LogP contribution in [-0.4, -0.2) is 22.4 Å². The molecule has 4 aliphatic carbocycles. The number of rotatable bonds is 5. The van der Waals surface area contributed by atoms with Crippen LogP contribution in [0.15, 0.2) is 0 Å². The van der Waals surface area contributed by atoms with Crippen LogP contribution in [0.2, 0.25) is 0 Å². The van der Waals surface area contributed by atoms with Crippen molar-refractivity contribution in [3.05, 3.63) is 0 Å². The highest BCUT2D eigenvalue weighted by atomic mass is 16.3. The van der Waals surface area contributed by atoms with E-state index < -0.39 is 31.6 Å². The molecule has 4 rings (SSSR count). The number of fused-ring (bicyclic) bond motifs is 5. The highest BCUT2D eigenvalue weighted by molar-refractivity contribution is 5.10. The molecular weight excluding hydrogens is 368 g/mol. The van der Waals surface area contributed by atoms with E-state index in [0.29, 0.717) is 23.2 Å². The molecule has 2 N–H and O–H groups in total. The highest BCUT2D eigenvalue weighted by Gasteiger charge is 2.60. The molecule has 0 spiro atoms. The Morgan fingerprint density at radius 1 is 0.933 bits per heavy atom. The number of aliphatic hydroxyl groups is 2. The molecule has 4 saturated carbocycles. The maximum Gasteiger partial charge on any atom is 0.0571 e. The van der Waals surface area contributed by atoms with Crippen molar-refractivity contribution in [2.75, 3.05) is 0 Å². The van der Waals surface area contributed by atoms with Crippen LogP contribution in [0.1, 0.15) is 114 Å². The fourth-order valence-electron chi connectivity index (χ4n) is 9.14. The Morgan fingerprint density at radius 3 is 2.37 bits per heavy atom. The van der Waals surface area contributed by atoms with Gasteiger partial charge in [-0.25, -0.2) is 0 Å².